The molecule has 0 bridgehead atoms. The minimum atomic E-state index is -0.535. The third-order valence-electron chi connectivity index (χ3n) is 4.16. The first-order valence-electron chi connectivity index (χ1n) is 8.43. The molecule has 0 radical (unpaired) electrons. The summed E-state index contributed by atoms with van der Waals surface area (Å²) in [6.45, 7) is 2.00. The van der Waals surface area contributed by atoms with E-state index in [1.54, 1.807) is 6.07 Å². The van der Waals surface area contributed by atoms with E-state index < -0.39 is 11.8 Å². The minimum Gasteiger partial charge on any atom is -0.366 e. The molecule has 1 aromatic heterocycles. The predicted molar refractivity (Wildman–Crippen MR) is 106 cm³/mol. The number of rotatable bonds is 6. The molecule has 4 nitrogen and oxygen atoms in total. The molecule has 2 aromatic carbocycles. The largest absolute Gasteiger partial charge is 0.366 e. The Labute approximate surface area is 156 Å². The van der Waals surface area contributed by atoms with Crippen molar-refractivity contribution in [3.05, 3.63) is 88.3 Å². The van der Waals surface area contributed by atoms with E-state index in [9.17, 15) is 9.59 Å². The zero-order chi connectivity index (χ0) is 18.5. The molecule has 0 atom stereocenters. The maximum absolute atomic E-state index is 13.1. The van der Waals surface area contributed by atoms with Crippen LogP contribution >= 0.6 is 11.3 Å². The summed E-state index contributed by atoms with van der Waals surface area (Å²) in [7, 11) is 0. The van der Waals surface area contributed by atoms with Crippen molar-refractivity contribution in [3.8, 4) is 0 Å². The van der Waals surface area contributed by atoms with Gasteiger partial charge in [-0.15, -0.1) is 11.3 Å². The molecule has 0 aliphatic rings. The molecule has 0 aliphatic carbocycles. The van der Waals surface area contributed by atoms with Gasteiger partial charge in [0.15, 0.2) is 0 Å². The minimum absolute atomic E-state index is 0.186. The first kappa shape index (κ1) is 17.9. The Morgan fingerprint density at radius 2 is 1.54 bits per heavy atom. The Morgan fingerprint density at radius 1 is 1.00 bits per heavy atom. The number of thiophene rings is 1. The SMILES string of the molecule is CCc1cc(C(N)=O)c(NC(=O)C(c2ccccc2)c2ccccc2)s1. The number of hydrogen-bond donors (Lipinski definition) is 2. The maximum atomic E-state index is 13.1. The first-order valence-corrected chi connectivity index (χ1v) is 9.25. The van der Waals surface area contributed by atoms with Gasteiger partial charge in [-0.2, -0.15) is 0 Å². The van der Waals surface area contributed by atoms with E-state index in [0.717, 1.165) is 22.4 Å². The summed E-state index contributed by atoms with van der Waals surface area (Å²) < 4.78 is 0. The highest BCUT2D eigenvalue weighted by Crippen LogP contribution is 2.31. The molecule has 0 spiro atoms. The van der Waals surface area contributed by atoms with E-state index in [2.05, 4.69) is 5.32 Å². The summed E-state index contributed by atoms with van der Waals surface area (Å²) in [5.41, 5.74) is 7.62. The number of nitrogens with one attached hydrogen (secondary N) is 1. The second-order valence-corrected chi connectivity index (χ2v) is 7.05. The molecule has 3 N–H and O–H groups in total. The van der Waals surface area contributed by atoms with Gasteiger partial charge in [-0.25, -0.2) is 0 Å². The zero-order valence-electron chi connectivity index (χ0n) is 14.4. The van der Waals surface area contributed by atoms with Crippen molar-refractivity contribution < 1.29 is 9.59 Å². The van der Waals surface area contributed by atoms with Crippen molar-refractivity contribution in [2.75, 3.05) is 5.32 Å². The monoisotopic (exact) mass is 364 g/mol. The van der Waals surface area contributed by atoms with Crippen LogP contribution in [0.4, 0.5) is 5.00 Å². The van der Waals surface area contributed by atoms with E-state index in [1.807, 2.05) is 67.6 Å². The van der Waals surface area contributed by atoms with E-state index in [4.69, 9.17) is 5.73 Å². The number of amides is 2. The summed E-state index contributed by atoms with van der Waals surface area (Å²) in [5.74, 6) is -1.19. The Balaban J connectivity index is 1.97. The van der Waals surface area contributed by atoms with Crippen molar-refractivity contribution in [1.82, 2.24) is 0 Å². The molecule has 1 heterocycles. The van der Waals surface area contributed by atoms with E-state index in [1.165, 1.54) is 11.3 Å². The number of hydrogen-bond acceptors (Lipinski definition) is 3. The number of carbonyl (C=O) groups excluding carboxylic acids is 2. The highest BCUT2D eigenvalue weighted by Gasteiger charge is 2.25. The molecule has 0 unspecified atom stereocenters. The topological polar surface area (TPSA) is 72.2 Å². The lowest BCUT2D eigenvalue weighted by atomic mass is 9.90. The van der Waals surface area contributed by atoms with Crippen molar-refractivity contribution >= 4 is 28.2 Å². The fourth-order valence-electron chi connectivity index (χ4n) is 2.86. The van der Waals surface area contributed by atoms with Crippen LogP contribution in [0.3, 0.4) is 0 Å². The van der Waals surface area contributed by atoms with Crippen LogP contribution in [-0.2, 0) is 11.2 Å². The third-order valence-corrected chi connectivity index (χ3v) is 5.36. The highest BCUT2D eigenvalue weighted by molar-refractivity contribution is 7.16. The van der Waals surface area contributed by atoms with Gasteiger partial charge in [0.2, 0.25) is 5.91 Å². The van der Waals surface area contributed by atoms with Gasteiger partial charge in [0.05, 0.1) is 11.5 Å². The van der Waals surface area contributed by atoms with Gasteiger partial charge in [-0.05, 0) is 23.6 Å². The number of benzene rings is 2. The van der Waals surface area contributed by atoms with E-state index >= 15 is 0 Å². The van der Waals surface area contributed by atoms with Crippen molar-refractivity contribution in [2.45, 2.75) is 19.3 Å². The molecule has 0 aliphatic heterocycles. The lowest BCUT2D eigenvalue weighted by Gasteiger charge is -2.17. The molecular weight excluding hydrogens is 344 g/mol. The van der Waals surface area contributed by atoms with Gasteiger partial charge < -0.3 is 11.1 Å². The average molecular weight is 364 g/mol. The van der Waals surface area contributed by atoms with Crippen LogP contribution in [0.5, 0.6) is 0 Å². The summed E-state index contributed by atoms with van der Waals surface area (Å²) in [6, 6.07) is 20.9. The van der Waals surface area contributed by atoms with E-state index in [-0.39, 0.29) is 5.91 Å². The Morgan fingerprint density at radius 3 is 2.00 bits per heavy atom. The molecule has 132 valence electrons. The standard InChI is InChI=1S/C21H20N2O2S/c1-2-16-13-17(19(22)24)21(26-16)23-20(25)18(14-9-5-3-6-10-14)15-11-7-4-8-12-15/h3-13,18H,2H2,1H3,(H2,22,24)(H,23,25). The Bertz CT molecular complexity index is 865. The number of primary amides is 1. The van der Waals surface area contributed by atoms with Gasteiger partial charge in [-0.3, -0.25) is 9.59 Å². The molecule has 0 fully saturated rings. The van der Waals surface area contributed by atoms with Crippen LogP contribution in [0.2, 0.25) is 0 Å². The van der Waals surface area contributed by atoms with Gasteiger partial charge >= 0.3 is 0 Å². The van der Waals surface area contributed by atoms with Gasteiger partial charge in [0.25, 0.3) is 5.91 Å². The van der Waals surface area contributed by atoms with Crippen LogP contribution in [0, 0.1) is 0 Å². The van der Waals surface area contributed by atoms with Crippen LogP contribution < -0.4 is 11.1 Å². The van der Waals surface area contributed by atoms with Crippen LogP contribution in [0.25, 0.3) is 0 Å². The molecular formula is C21H20N2O2S. The second kappa shape index (κ2) is 7.97. The third kappa shape index (κ3) is 3.83. The normalized spacial score (nSPS) is 10.7. The number of anilines is 1. The van der Waals surface area contributed by atoms with E-state index in [0.29, 0.717) is 10.6 Å². The van der Waals surface area contributed by atoms with Crippen molar-refractivity contribution in [1.29, 1.82) is 0 Å². The smallest absolute Gasteiger partial charge is 0.251 e. The summed E-state index contributed by atoms with van der Waals surface area (Å²) in [4.78, 5) is 25.9. The van der Waals surface area contributed by atoms with Crippen LogP contribution in [0.1, 0.15) is 39.2 Å². The Kier molecular flexibility index (Phi) is 5.49. The van der Waals surface area contributed by atoms with Crippen molar-refractivity contribution in [3.63, 3.8) is 0 Å². The zero-order valence-corrected chi connectivity index (χ0v) is 15.3. The Hall–Kier alpha value is -2.92. The molecule has 0 saturated carbocycles. The van der Waals surface area contributed by atoms with Crippen molar-refractivity contribution in [2.24, 2.45) is 5.73 Å². The fraction of sp³-hybridized carbons (Fsp3) is 0.143. The van der Waals surface area contributed by atoms with Gasteiger partial charge in [0, 0.05) is 4.88 Å². The van der Waals surface area contributed by atoms with Gasteiger partial charge in [0.1, 0.15) is 5.00 Å². The maximum Gasteiger partial charge on any atom is 0.251 e. The molecule has 3 aromatic rings. The lowest BCUT2D eigenvalue weighted by Crippen LogP contribution is -2.23. The number of carbonyl (C=O) groups is 2. The predicted octanol–water partition coefficient (Wildman–Crippen LogP) is 4.18. The highest BCUT2D eigenvalue weighted by atomic mass is 32.1. The summed E-state index contributed by atoms with van der Waals surface area (Å²) in [6.07, 6.45) is 0.779. The molecule has 3 rings (SSSR count). The number of aryl methyl sites for hydroxylation is 1. The summed E-state index contributed by atoms with van der Waals surface area (Å²) in [5, 5.41) is 3.43. The quantitative estimate of drug-likeness (QED) is 0.689. The van der Waals surface area contributed by atoms with Crippen LogP contribution in [0.15, 0.2) is 66.7 Å². The fourth-order valence-corrected chi connectivity index (χ4v) is 3.87. The average Bonchev–Trinajstić information content (AvgIpc) is 3.07. The van der Waals surface area contributed by atoms with Gasteiger partial charge in [-0.1, -0.05) is 67.6 Å². The number of nitrogens with two attached hydrogens (primary N) is 1. The molecule has 0 saturated heterocycles. The second-order valence-electron chi connectivity index (χ2n) is 5.92. The lowest BCUT2D eigenvalue weighted by molar-refractivity contribution is -0.116. The first-order chi connectivity index (χ1) is 12.6. The molecule has 26 heavy (non-hydrogen) atoms. The molecule has 2 amide bonds. The van der Waals surface area contributed by atoms with Crippen LogP contribution in [-0.4, -0.2) is 11.8 Å². The summed E-state index contributed by atoms with van der Waals surface area (Å²) >= 11 is 1.39. The molecule has 5 heteroatoms.